The van der Waals surface area contributed by atoms with E-state index in [1.165, 1.54) is 0 Å². The van der Waals surface area contributed by atoms with E-state index in [0.717, 1.165) is 49.4 Å². The maximum absolute atomic E-state index is 12.7. The summed E-state index contributed by atoms with van der Waals surface area (Å²) in [6, 6.07) is 8.19. The van der Waals surface area contributed by atoms with Gasteiger partial charge in [-0.15, -0.1) is 0 Å². The quantitative estimate of drug-likeness (QED) is 0.898. The monoisotopic (exact) mass is 306 g/mol. The van der Waals surface area contributed by atoms with Crippen LogP contribution in [0.4, 0.5) is 0 Å². The highest BCUT2D eigenvalue weighted by Gasteiger charge is 2.50. The average Bonchev–Trinajstić information content (AvgIpc) is 3.22. The number of benzene rings is 1. The Labute approximate surface area is 131 Å². The lowest BCUT2D eigenvalue weighted by atomic mass is 9.91. The van der Waals surface area contributed by atoms with Gasteiger partial charge in [0.25, 0.3) is 0 Å². The van der Waals surface area contributed by atoms with Crippen molar-refractivity contribution < 1.29 is 4.79 Å². The molecular formula is C17H23ClN2O. The van der Waals surface area contributed by atoms with E-state index in [-0.39, 0.29) is 11.3 Å². The van der Waals surface area contributed by atoms with Crippen molar-refractivity contribution in [2.24, 2.45) is 11.3 Å². The summed E-state index contributed by atoms with van der Waals surface area (Å²) in [7, 11) is 0. The second-order valence-electron chi connectivity index (χ2n) is 6.64. The van der Waals surface area contributed by atoms with Crippen molar-refractivity contribution in [2.75, 3.05) is 13.1 Å². The summed E-state index contributed by atoms with van der Waals surface area (Å²) in [6.07, 6.45) is 3.81. The predicted octanol–water partition coefficient (Wildman–Crippen LogP) is 2.78. The Bertz CT molecular complexity index is 527. The molecule has 4 heteroatoms. The highest BCUT2D eigenvalue weighted by atomic mass is 35.5. The predicted molar refractivity (Wildman–Crippen MR) is 85.4 cm³/mol. The summed E-state index contributed by atoms with van der Waals surface area (Å²) < 4.78 is 0. The van der Waals surface area contributed by atoms with Crippen molar-refractivity contribution in [2.45, 2.75) is 38.6 Å². The first-order valence-corrected chi connectivity index (χ1v) is 8.23. The molecule has 0 unspecified atom stereocenters. The number of hydrogen-bond acceptors (Lipinski definition) is 2. The second-order valence-corrected chi connectivity index (χ2v) is 7.07. The number of carbonyl (C=O) groups is 1. The molecule has 1 amide bonds. The van der Waals surface area contributed by atoms with Crippen LogP contribution in [-0.2, 0) is 11.2 Å². The van der Waals surface area contributed by atoms with Crippen LogP contribution in [0.3, 0.4) is 0 Å². The molecule has 0 radical (unpaired) electrons. The second kappa shape index (κ2) is 5.98. The molecule has 0 spiro atoms. The topological polar surface area (TPSA) is 41.1 Å². The number of hydrogen-bond donors (Lipinski definition) is 2. The minimum absolute atomic E-state index is 0.185. The van der Waals surface area contributed by atoms with Crippen LogP contribution in [0.25, 0.3) is 0 Å². The van der Waals surface area contributed by atoms with Crippen LogP contribution in [0.2, 0.25) is 5.02 Å². The van der Waals surface area contributed by atoms with Gasteiger partial charge in [0.2, 0.25) is 5.91 Å². The van der Waals surface area contributed by atoms with Gasteiger partial charge in [-0.1, -0.05) is 30.7 Å². The van der Waals surface area contributed by atoms with Gasteiger partial charge < -0.3 is 10.6 Å². The molecule has 1 aliphatic heterocycles. The van der Waals surface area contributed by atoms with Crippen molar-refractivity contribution in [3.05, 3.63) is 34.9 Å². The first-order chi connectivity index (χ1) is 10.1. The molecule has 21 heavy (non-hydrogen) atoms. The molecule has 2 atom stereocenters. The van der Waals surface area contributed by atoms with E-state index < -0.39 is 0 Å². The fourth-order valence-corrected chi connectivity index (χ4v) is 3.44. The SMILES string of the molecule is C[C@H]1CNCC[C@@H]1NC(=O)C1(Cc2cccc(Cl)c2)CC1. The molecule has 1 saturated heterocycles. The first kappa shape index (κ1) is 14.9. The minimum atomic E-state index is -0.185. The standard InChI is InChI=1S/C17H23ClN2O/c1-12-11-19-8-5-15(12)20-16(21)17(6-7-17)10-13-3-2-4-14(18)9-13/h2-4,9,12,15,19H,5-8,10-11H2,1H3,(H,20,21)/t12-,15-/m0/s1. The van der Waals surface area contributed by atoms with Gasteiger partial charge in [-0.25, -0.2) is 0 Å². The molecule has 3 nitrogen and oxygen atoms in total. The number of piperidine rings is 1. The molecule has 2 fully saturated rings. The molecule has 0 bridgehead atoms. The molecule has 1 saturated carbocycles. The Hall–Kier alpha value is -1.06. The van der Waals surface area contributed by atoms with Gasteiger partial charge in [0.1, 0.15) is 0 Å². The van der Waals surface area contributed by atoms with Crippen LogP contribution in [0.5, 0.6) is 0 Å². The average molecular weight is 307 g/mol. The Kier molecular flexibility index (Phi) is 4.23. The molecule has 114 valence electrons. The zero-order valence-electron chi connectivity index (χ0n) is 12.5. The number of carbonyl (C=O) groups excluding carboxylic acids is 1. The van der Waals surface area contributed by atoms with Crippen LogP contribution in [-0.4, -0.2) is 25.0 Å². The van der Waals surface area contributed by atoms with Crippen LogP contribution < -0.4 is 10.6 Å². The van der Waals surface area contributed by atoms with Crippen LogP contribution in [0.15, 0.2) is 24.3 Å². The van der Waals surface area contributed by atoms with E-state index in [2.05, 4.69) is 23.6 Å². The molecule has 2 N–H and O–H groups in total. The Morgan fingerprint density at radius 3 is 2.95 bits per heavy atom. The first-order valence-electron chi connectivity index (χ1n) is 7.85. The van der Waals surface area contributed by atoms with Gasteiger partial charge in [-0.2, -0.15) is 0 Å². The molecule has 1 aliphatic carbocycles. The van der Waals surface area contributed by atoms with Gasteiger partial charge in [0.05, 0.1) is 5.41 Å². The van der Waals surface area contributed by atoms with E-state index in [9.17, 15) is 4.79 Å². The summed E-state index contributed by atoms with van der Waals surface area (Å²) in [6.45, 7) is 4.19. The van der Waals surface area contributed by atoms with Crippen molar-refractivity contribution in [3.63, 3.8) is 0 Å². The van der Waals surface area contributed by atoms with Crippen molar-refractivity contribution in [1.29, 1.82) is 0 Å². The number of halogens is 1. The van der Waals surface area contributed by atoms with Crippen LogP contribution >= 0.6 is 11.6 Å². The Balaban J connectivity index is 1.63. The molecule has 3 rings (SSSR count). The molecule has 0 aromatic heterocycles. The third-order valence-electron chi connectivity index (χ3n) is 4.87. The summed E-state index contributed by atoms with van der Waals surface area (Å²) in [5, 5.41) is 7.41. The summed E-state index contributed by atoms with van der Waals surface area (Å²) in [5.41, 5.74) is 0.975. The Morgan fingerprint density at radius 1 is 1.48 bits per heavy atom. The van der Waals surface area contributed by atoms with Crippen molar-refractivity contribution >= 4 is 17.5 Å². The zero-order valence-corrected chi connectivity index (χ0v) is 13.2. The number of nitrogens with one attached hydrogen (secondary N) is 2. The summed E-state index contributed by atoms with van der Waals surface area (Å²) >= 11 is 6.04. The fourth-order valence-electron chi connectivity index (χ4n) is 3.22. The van der Waals surface area contributed by atoms with E-state index in [1.807, 2.05) is 18.2 Å². The lowest BCUT2D eigenvalue weighted by Gasteiger charge is -2.31. The number of amides is 1. The van der Waals surface area contributed by atoms with E-state index in [0.29, 0.717) is 12.0 Å². The van der Waals surface area contributed by atoms with Gasteiger partial charge in [0.15, 0.2) is 0 Å². The molecular weight excluding hydrogens is 284 g/mol. The molecule has 1 aromatic rings. The highest BCUT2D eigenvalue weighted by Crippen LogP contribution is 2.49. The molecule has 2 aliphatic rings. The van der Waals surface area contributed by atoms with Crippen molar-refractivity contribution in [1.82, 2.24) is 10.6 Å². The van der Waals surface area contributed by atoms with Crippen molar-refractivity contribution in [3.8, 4) is 0 Å². The van der Waals surface area contributed by atoms with Gasteiger partial charge in [-0.3, -0.25) is 4.79 Å². The molecule has 1 aromatic carbocycles. The van der Waals surface area contributed by atoms with Gasteiger partial charge >= 0.3 is 0 Å². The lowest BCUT2D eigenvalue weighted by Crippen LogP contribution is -2.50. The summed E-state index contributed by atoms with van der Waals surface area (Å²) in [5.74, 6) is 0.742. The highest BCUT2D eigenvalue weighted by molar-refractivity contribution is 6.30. The smallest absolute Gasteiger partial charge is 0.226 e. The minimum Gasteiger partial charge on any atom is -0.353 e. The third kappa shape index (κ3) is 3.41. The van der Waals surface area contributed by atoms with Gasteiger partial charge in [0, 0.05) is 11.1 Å². The zero-order chi connectivity index (χ0) is 14.9. The third-order valence-corrected chi connectivity index (χ3v) is 5.10. The maximum atomic E-state index is 12.7. The number of rotatable bonds is 4. The van der Waals surface area contributed by atoms with Gasteiger partial charge in [-0.05, 0) is 62.4 Å². The largest absolute Gasteiger partial charge is 0.353 e. The van der Waals surface area contributed by atoms with E-state index in [4.69, 9.17) is 11.6 Å². The van der Waals surface area contributed by atoms with Crippen LogP contribution in [0, 0.1) is 11.3 Å². The fraction of sp³-hybridized carbons (Fsp3) is 0.588. The maximum Gasteiger partial charge on any atom is 0.226 e. The van der Waals surface area contributed by atoms with Crippen LogP contribution in [0.1, 0.15) is 31.7 Å². The lowest BCUT2D eigenvalue weighted by molar-refractivity contribution is -0.127. The Morgan fingerprint density at radius 2 is 2.29 bits per heavy atom. The molecule has 1 heterocycles. The van der Waals surface area contributed by atoms with E-state index in [1.54, 1.807) is 0 Å². The summed E-state index contributed by atoms with van der Waals surface area (Å²) in [4.78, 5) is 12.7. The normalized spacial score (nSPS) is 27.1. The van der Waals surface area contributed by atoms with E-state index >= 15 is 0 Å².